The second kappa shape index (κ2) is 15.5. The van der Waals surface area contributed by atoms with E-state index in [1.165, 1.54) is 4.90 Å². The van der Waals surface area contributed by atoms with Gasteiger partial charge in [0.25, 0.3) is 0 Å². The van der Waals surface area contributed by atoms with Gasteiger partial charge in [-0.15, -0.1) is 0 Å². The molecular formula is C31H42N4OS. The summed E-state index contributed by atoms with van der Waals surface area (Å²) in [6.45, 7) is 7.24. The van der Waals surface area contributed by atoms with Crippen LogP contribution in [0.2, 0.25) is 0 Å². The van der Waals surface area contributed by atoms with Crippen molar-refractivity contribution in [1.29, 1.82) is 0 Å². The lowest BCUT2D eigenvalue weighted by Crippen LogP contribution is -2.47. The molecule has 198 valence electrons. The summed E-state index contributed by atoms with van der Waals surface area (Å²) in [6, 6.07) is 28.3. The standard InChI is InChI=1S/C31H42N4OS/c1-24(2)23-35(37-28-19-17-27(32)18-20-28)22-12-6-11-21-34-31(36)30(33-3)29(25-13-7-4-8-14-25)26-15-9-5-10-16-26/h4-5,7-10,13-20,24,29-30,33H,6,11-12,21-23,32H2,1-3H3,(H,34,36). The van der Waals surface area contributed by atoms with Crippen LogP contribution >= 0.6 is 11.9 Å². The molecule has 0 fully saturated rings. The van der Waals surface area contributed by atoms with Crippen LogP contribution in [0.5, 0.6) is 0 Å². The SMILES string of the molecule is CNC(C(=O)NCCCCCN(CC(C)C)Sc1ccc(N)cc1)C(c1ccccc1)c1ccccc1. The molecule has 4 N–H and O–H groups in total. The van der Waals surface area contributed by atoms with Gasteiger partial charge in [-0.2, -0.15) is 0 Å². The van der Waals surface area contributed by atoms with E-state index in [0.29, 0.717) is 12.5 Å². The minimum absolute atomic E-state index is 0.0422. The van der Waals surface area contributed by atoms with E-state index in [-0.39, 0.29) is 17.9 Å². The van der Waals surface area contributed by atoms with Crippen LogP contribution in [0.4, 0.5) is 5.69 Å². The number of hydrogen-bond acceptors (Lipinski definition) is 5. The quantitative estimate of drug-likeness (QED) is 0.132. The van der Waals surface area contributed by atoms with Gasteiger partial charge in [-0.1, -0.05) is 80.9 Å². The van der Waals surface area contributed by atoms with Crippen LogP contribution in [0.1, 0.15) is 50.2 Å². The zero-order valence-corrected chi connectivity index (χ0v) is 23.2. The molecule has 1 atom stereocenters. The molecule has 37 heavy (non-hydrogen) atoms. The molecule has 5 nitrogen and oxygen atoms in total. The summed E-state index contributed by atoms with van der Waals surface area (Å²) in [4.78, 5) is 14.5. The molecule has 1 unspecified atom stereocenters. The molecule has 0 aliphatic carbocycles. The van der Waals surface area contributed by atoms with Crippen molar-refractivity contribution in [1.82, 2.24) is 14.9 Å². The number of amides is 1. The largest absolute Gasteiger partial charge is 0.399 e. The van der Waals surface area contributed by atoms with Gasteiger partial charge in [0.05, 0.1) is 6.04 Å². The number of carbonyl (C=O) groups is 1. The van der Waals surface area contributed by atoms with Crippen molar-refractivity contribution < 1.29 is 4.79 Å². The summed E-state index contributed by atoms with van der Waals surface area (Å²) in [6.07, 6.45) is 3.13. The lowest BCUT2D eigenvalue weighted by molar-refractivity contribution is -0.123. The number of likely N-dealkylation sites (N-methyl/N-ethyl adjacent to an activating group) is 1. The Hall–Kier alpha value is -2.80. The molecule has 0 heterocycles. The number of unbranched alkanes of at least 4 members (excludes halogenated alkanes) is 2. The number of nitrogen functional groups attached to an aromatic ring is 1. The number of nitrogens with zero attached hydrogens (tertiary/aromatic N) is 1. The molecular weight excluding hydrogens is 476 g/mol. The van der Waals surface area contributed by atoms with Crippen LogP contribution in [-0.2, 0) is 4.79 Å². The third-order valence-corrected chi connectivity index (χ3v) is 7.38. The molecule has 1 amide bonds. The fourth-order valence-corrected chi connectivity index (χ4v) is 5.67. The minimum Gasteiger partial charge on any atom is -0.399 e. The first-order valence-electron chi connectivity index (χ1n) is 13.3. The number of nitrogens with two attached hydrogens (primary N) is 1. The summed E-state index contributed by atoms with van der Waals surface area (Å²) in [7, 11) is 1.87. The highest BCUT2D eigenvalue weighted by Crippen LogP contribution is 2.28. The molecule has 6 heteroatoms. The van der Waals surface area contributed by atoms with E-state index in [4.69, 9.17) is 5.73 Å². The van der Waals surface area contributed by atoms with Crippen LogP contribution in [-0.4, -0.2) is 42.9 Å². The van der Waals surface area contributed by atoms with Gasteiger partial charge >= 0.3 is 0 Å². The summed E-state index contributed by atoms with van der Waals surface area (Å²) >= 11 is 1.80. The van der Waals surface area contributed by atoms with Crippen molar-refractivity contribution in [2.45, 2.75) is 50.0 Å². The smallest absolute Gasteiger partial charge is 0.238 e. The number of nitrogens with one attached hydrogen (secondary N) is 2. The molecule has 0 spiro atoms. The maximum atomic E-state index is 13.3. The highest BCUT2D eigenvalue weighted by Gasteiger charge is 2.29. The Kier molecular flexibility index (Phi) is 12.0. The first-order chi connectivity index (χ1) is 18.0. The van der Waals surface area contributed by atoms with E-state index in [1.54, 1.807) is 11.9 Å². The minimum atomic E-state index is -0.345. The second-order valence-corrected chi connectivity index (χ2v) is 11.0. The van der Waals surface area contributed by atoms with Crippen molar-refractivity contribution in [3.8, 4) is 0 Å². The Balaban J connectivity index is 1.49. The first kappa shape index (κ1) is 28.8. The first-order valence-corrected chi connectivity index (χ1v) is 14.1. The van der Waals surface area contributed by atoms with E-state index in [2.05, 4.69) is 65.2 Å². The fraction of sp³-hybridized carbons (Fsp3) is 0.387. The average Bonchev–Trinajstić information content (AvgIpc) is 2.91. The number of anilines is 1. The van der Waals surface area contributed by atoms with Crippen LogP contribution in [0, 0.1) is 5.92 Å². The van der Waals surface area contributed by atoms with Crippen molar-refractivity contribution in [2.75, 3.05) is 32.4 Å². The molecule has 3 aromatic carbocycles. The molecule has 0 saturated heterocycles. The summed E-state index contributed by atoms with van der Waals surface area (Å²) < 4.78 is 2.44. The van der Waals surface area contributed by atoms with Crippen LogP contribution < -0.4 is 16.4 Å². The maximum absolute atomic E-state index is 13.3. The third kappa shape index (κ3) is 9.54. The molecule has 3 rings (SSSR count). The van der Waals surface area contributed by atoms with E-state index in [9.17, 15) is 4.79 Å². The monoisotopic (exact) mass is 518 g/mol. The Bertz CT molecular complexity index is 1000. The lowest BCUT2D eigenvalue weighted by atomic mass is 9.84. The maximum Gasteiger partial charge on any atom is 0.238 e. The third-order valence-electron chi connectivity index (χ3n) is 6.31. The number of hydrogen-bond donors (Lipinski definition) is 3. The van der Waals surface area contributed by atoms with Crippen molar-refractivity contribution >= 4 is 23.5 Å². The van der Waals surface area contributed by atoms with Gasteiger partial charge < -0.3 is 16.4 Å². The average molecular weight is 519 g/mol. The van der Waals surface area contributed by atoms with E-state index >= 15 is 0 Å². The van der Waals surface area contributed by atoms with Gasteiger partial charge in [0.1, 0.15) is 0 Å². The summed E-state index contributed by atoms with van der Waals surface area (Å²) in [5, 5.41) is 6.47. The predicted molar refractivity (Wildman–Crippen MR) is 158 cm³/mol. The number of carbonyl (C=O) groups excluding carboxylic acids is 1. The van der Waals surface area contributed by atoms with Gasteiger partial charge in [0.2, 0.25) is 5.91 Å². The van der Waals surface area contributed by atoms with E-state index < -0.39 is 0 Å². The second-order valence-electron chi connectivity index (χ2n) is 9.86. The molecule has 0 aliphatic rings. The normalized spacial score (nSPS) is 12.3. The van der Waals surface area contributed by atoms with Gasteiger partial charge in [-0.05, 0) is 73.1 Å². The van der Waals surface area contributed by atoms with Crippen molar-refractivity contribution in [3.63, 3.8) is 0 Å². The summed E-state index contributed by atoms with van der Waals surface area (Å²) in [5.41, 5.74) is 8.89. The zero-order valence-electron chi connectivity index (χ0n) is 22.4. The highest BCUT2D eigenvalue weighted by molar-refractivity contribution is 7.97. The molecule has 0 bridgehead atoms. The van der Waals surface area contributed by atoms with Crippen LogP contribution in [0.25, 0.3) is 0 Å². The van der Waals surface area contributed by atoms with Gasteiger partial charge in [0.15, 0.2) is 0 Å². The van der Waals surface area contributed by atoms with Gasteiger partial charge in [-0.3, -0.25) is 4.79 Å². The van der Waals surface area contributed by atoms with Crippen LogP contribution in [0.15, 0.2) is 89.8 Å². The lowest BCUT2D eigenvalue weighted by Gasteiger charge is -2.27. The highest BCUT2D eigenvalue weighted by atomic mass is 32.2. The number of benzene rings is 3. The molecule has 0 radical (unpaired) electrons. The van der Waals surface area contributed by atoms with Crippen molar-refractivity contribution in [3.05, 3.63) is 96.1 Å². The van der Waals surface area contributed by atoms with E-state index in [0.717, 1.165) is 49.2 Å². The zero-order chi connectivity index (χ0) is 26.5. The Morgan fingerprint density at radius 1 is 0.865 bits per heavy atom. The topological polar surface area (TPSA) is 70.4 Å². The number of rotatable bonds is 15. The molecule has 0 aromatic heterocycles. The molecule has 0 saturated carbocycles. The van der Waals surface area contributed by atoms with Crippen molar-refractivity contribution in [2.24, 2.45) is 5.92 Å². The predicted octanol–water partition coefficient (Wildman–Crippen LogP) is 5.94. The van der Waals surface area contributed by atoms with E-state index in [1.807, 2.05) is 55.6 Å². The van der Waals surface area contributed by atoms with Gasteiger partial charge in [-0.25, -0.2) is 4.31 Å². The Labute approximate surface area is 227 Å². The molecule has 3 aromatic rings. The van der Waals surface area contributed by atoms with Gasteiger partial charge in [0, 0.05) is 36.1 Å². The summed E-state index contributed by atoms with van der Waals surface area (Å²) in [5.74, 6) is 0.587. The Morgan fingerprint density at radius 3 is 2.00 bits per heavy atom. The fourth-order valence-electron chi connectivity index (χ4n) is 4.52. The van der Waals surface area contributed by atoms with Crippen LogP contribution in [0.3, 0.4) is 0 Å². The Morgan fingerprint density at radius 2 is 1.46 bits per heavy atom. The molecule has 0 aliphatic heterocycles.